The van der Waals surface area contributed by atoms with Crippen molar-refractivity contribution in [2.24, 2.45) is 0 Å². The van der Waals surface area contributed by atoms with Gasteiger partial charge in [0.2, 0.25) is 0 Å². The summed E-state index contributed by atoms with van der Waals surface area (Å²) in [6.45, 7) is 15.1. The molecule has 59 heavy (non-hydrogen) atoms. The van der Waals surface area contributed by atoms with Gasteiger partial charge in [-0.05, 0) is 92.6 Å². The van der Waals surface area contributed by atoms with E-state index >= 15 is 0 Å². The van der Waals surface area contributed by atoms with Crippen molar-refractivity contribution in [1.82, 2.24) is 0 Å². The van der Waals surface area contributed by atoms with Gasteiger partial charge in [0.1, 0.15) is 17.9 Å². The number of carbonyl (C=O) groups excluding carboxylic acids is 1. The van der Waals surface area contributed by atoms with E-state index in [-0.39, 0.29) is 35.5 Å². The van der Waals surface area contributed by atoms with Gasteiger partial charge in [0, 0.05) is 11.4 Å². The molecule has 1 aliphatic rings. The molecular weight excluding hydrogens is 812 g/mol. The second kappa shape index (κ2) is 20.4. The Kier molecular flexibility index (Phi) is 15.6. The summed E-state index contributed by atoms with van der Waals surface area (Å²) in [4.78, 5) is 19.3. The van der Waals surface area contributed by atoms with Gasteiger partial charge >= 0.3 is 6.18 Å². The van der Waals surface area contributed by atoms with Crippen LogP contribution in [0.4, 0.5) is 30.2 Å². The molecule has 1 fully saturated rings. The molecule has 1 amide bonds. The molecule has 1 aliphatic heterocycles. The molecule has 0 bridgehead atoms. The number of aryl methyl sites for hydroxylation is 1. The topological polar surface area (TPSA) is 117 Å². The number of rotatable bonds is 21. The van der Waals surface area contributed by atoms with E-state index in [2.05, 4.69) is 4.85 Å². The fourth-order valence-electron chi connectivity index (χ4n) is 5.95. The van der Waals surface area contributed by atoms with Gasteiger partial charge in [0.25, 0.3) is 16.0 Å². The molecule has 0 atom stereocenters. The van der Waals surface area contributed by atoms with E-state index in [4.69, 9.17) is 46.7 Å². The smallest absolute Gasteiger partial charge is 0.407 e. The number of nitrogens with zero attached hydrogens (tertiary/aromatic N) is 3. The number of alkyl halides is 3. The third-order valence-corrected chi connectivity index (χ3v) is 10.7. The molecular formula is C42H44F3N3O9S2. The number of hydrogen-bond acceptors (Lipinski definition) is 10. The predicted octanol–water partition coefficient (Wildman–Crippen LogP) is 8.00. The van der Waals surface area contributed by atoms with Gasteiger partial charge in [-0.15, -0.1) is 0 Å². The molecule has 0 saturated carbocycles. The van der Waals surface area contributed by atoms with Crippen LogP contribution in [-0.4, -0.2) is 91.0 Å². The first-order valence-electron chi connectivity index (χ1n) is 18.5. The van der Waals surface area contributed by atoms with Crippen LogP contribution in [-0.2, 0) is 44.2 Å². The van der Waals surface area contributed by atoms with E-state index in [0.717, 1.165) is 33.7 Å². The summed E-state index contributed by atoms with van der Waals surface area (Å²) in [5.74, 6) is 0.162. The van der Waals surface area contributed by atoms with Gasteiger partial charge in [-0.1, -0.05) is 48.0 Å². The summed E-state index contributed by atoms with van der Waals surface area (Å²) >= 11 is 5.65. The lowest BCUT2D eigenvalue weighted by atomic mass is 10.0. The van der Waals surface area contributed by atoms with Crippen LogP contribution in [0.3, 0.4) is 0 Å². The highest BCUT2D eigenvalue weighted by Gasteiger charge is 2.50. The maximum atomic E-state index is 13.7. The van der Waals surface area contributed by atoms with Crippen LogP contribution in [0.15, 0.2) is 95.9 Å². The summed E-state index contributed by atoms with van der Waals surface area (Å²) in [7, 11) is -3.81. The maximum Gasteiger partial charge on any atom is 0.407 e. The SMILES string of the molecule is [C-]#[N+]c1ccc(N2C(=O)C(C)(C)N(c3ccc(-c4ccc(OCCOCCOCCOCCOCCOS(=O)(=O)c5ccc(C)cc5)cc4)cc3)C2=S)cc1C(F)(F)F. The Morgan fingerprint density at radius 3 is 1.73 bits per heavy atom. The second-order valence-electron chi connectivity index (χ2n) is 13.6. The highest BCUT2D eigenvalue weighted by Crippen LogP contribution is 2.42. The van der Waals surface area contributed by atoms with Crippen molar-refractivity contribution >= 4 is 50.4 Å². The van der Waals surface area contributed by atoms with E-state index in [0.29, 0.717) is 57.7 Å². The van der Waals surface area contributed by atoms with Crippen molar-refractivity contribution in [3.05, 3.63) is 114 Å². The minimum absolute atomic E-state index is 0.0236. The lowest BCUT2D eigenvalue weighted by Crippen LogP contribution is -2.44. The maximum absolute atomic E-state index is 13.7. The Labute approximate surface area is 347 Å². The van der Waals surface area contributed by atoms with Gasteiger partial charge in [-0.2, -0.15) is 21.6 Å². The van der Waals surface area contributed by atoms with E-state index in [1.807, 2.05) is 43.3 Å². The molecule has 1 saturated heterocycles. The summed E-state index contributed by atoms with van der Waals surface area (Å²) in [5.41, 5.74) is 0.376. The number of thiocarbonyl (C=S) groups is 1. The molecule has 0 aromatic heterocycles. The van der Waals surface area contributed by atoms with E-state index < -0.39 is 39.0 Å². The molecule has 0 N–H and O–H groups in total. The third kappa shape index (κ3) is 11.9. The second-order valence-corrected chi connectivity index (χ2v) is 15.6. The van der Waals surface area contributed by atoms with E-state index in [9.17, 15) is 26.4 Å². The van der Waals surface area contributed by atoms with Crippen LogP contribution in [0.5, 0.6) is 5.75 Å². The predicted molar refractivity (Wildman–Crippen MR) is 219 cm³/mol. The number of amides is 1. The van der Waals surface area contributed by atoms with Crippen LogP contribution in [0.2, 0.25) is 0 Å². The van der Waals surface area contributed by atoms with Crippen LogP contribution in [0, 0.1) is 13.5 Å². The van der Waals surface area contributed by atoms with Gasteiger partial charge in [-0.25, -0.2) is 4.85 Å². The van der Waals surface area contributed by atoms with Crippen LogP contribution < -0.4 is 14.5 Å². The minimum Gasteiger partial charge on any atom is -0.491 e. The summed E-state index contributed by atoms with van der Waals surface area (Å²) < 4.78 is 98.0. The first-order valence-corrected chi connectivity index (χ1v) is 20.3. The van der Waals surface area contributed by atoms with Gasteiger partial charge in [-0.3, -0.25) is 13.9 Å². The number of halogens is 3. The summed E-state index contributed by atoms with van der Waals surface area (Å²) in [6, 6.07) is 24.3. The van der Waals surface area contributed by atoms with E-state index in [1.165, 1.54) is 18.2 Å². The Morgan fingerprint density at radius 2 is 1.20 bits per heavy atom. The number of anilines is 2. The quantitative estimate of drug-likeness (QED) is 0.0351. The Morgan fingerprint density at radius 1 is 0.712 bits per heavy atom. The van der Waals surface area contributed by atoms with Crippen LogP contribution >= 0.6 is 12.2 Å². The van der Waals surface area contributed by atoms with Crippen molar-refractivity contribution in [2.45, 2.75) is 37.4 Å². The lowest BCUT2D eigenvalue weighted by Gasteiger charge is -2.29. The van der Waals surface area contributed by atoms with Crippen molar-refractivity contribution < 1.29 is 54.3 Å². The molecule has 314 valence electrons. The van der Waals surface area contributed by atoms with Crippen molar-refractivity contribution in [3.63, 3.8) is 0 Å². The third-order valence-electron chi connectivity index (χ3n) is 9.03. The molecule has 17 heteroatoms. The van der Waals surface area contributed by atoms with E-state index in [1.54, 1.807) is 43.0 Å². The Hall–Kier alpha value is -4.93. The zero-order valence-corrected chi connectivity index (χ0v) is 34.3. The van der Waals surface area contributed by atoms with Crippen molar-refractivity contribution in [3.8, 4) is 16.9 Å². The zero-order chi connectivity index (χ0) is 42.6. The van der Waals surface area contributed by atoms with Crippen LogP contribution in [0.25, 0.3) is 16.0 Å². The van der Waals surface area contributed by atoms with Gasteiger partial charge < -0.3 is 28.6 Å². The molecule has 12 nitrogen and oxygen atoms in total. The molecule has 1 heterocycles. The molecule has 5 rings (SSSR count). The fraction of sp³-hybridized carbons (Fsp3) is 0.357. The molecule has 4 aromatic rings. The largest absolute Gasteiger partial charge is 0.491 e. The fourth-order valence-corrected chi connectivity index (χ4v) is 7.36. The Bertz CT molecular complexity index is 2200. The first-order chi connectivity index (χ1) is 28.1. The van der Waals surface area contributed by atoms with Gasteiger partial charge in [0.05, 0.1) is 76.5 Å². The average Bonchev–Trinajstić information content (AvgIpc) is 3.39. The normalized spacial score (nSPS) is 14.2. The molecule has 4 aromatic carbocycles. The minimum atomic E-state index is -4.78. The monoisotopic (exact) mass is 855 g/mol. The highest BCUT2D eigenvalue weighted by atomic mass is 32.2. The summed E-state index contributed by atoms with van der Waals surface area (Å²) in [6.07, 6.45) is -4.78. The van der Waals surface area contributed by atoms with Crippen molar-refractivity contribution in [2.75, 3.05) is 75.9 Å². The number of ether oxygens (including phenoxy) is 5. The number of carbonyl (C=O) groups is 1. The number of hydrogen-bond donors (Lipinski definition) is 0. The lowest BCUT2D eigenvalue weighted by molar-refractivity contribution is -0.136. The molecule has 0 radical (unpaired) electrons. The standard InChI is InChI=1S/C42H44F3N3O9S2/c1-30-5-16-36(17-6-30)59(50,51)57-28-26-55-24-22-53-20-19-52-21-23-54-25-27-56-35-14-9-32(10-15-35)31-7-11-33(12-8-31)48-40(58)47(39(49)41(48,2)3)34-13-18-38(46-4)37(29-34)42(43,44)45/h5-18,29H,19-28H2,1-3H3. The number of benzene rings is 4. The molecule has 0 unspecified atom stereocenters. The summed E-state index contributed by atoms with van der Waals surface area (Å²) in [5, 5.41) is 0.0236. The molecule has 0 aliphatic carbocycles. The molecule has 0 spiro atoms. The van der Waals surface area contributed by atoms with Crippen LogP contribution in [0.1, 0.15) is 25.0 Å². The van der Waals surface area contributed by atoms with Gasteiger partial charge in [0.15, 0.2) is 10.8 Å². The Balaban J connectivity index is 0.953. The zero-order valence-electron chi connectivity index (χ0n) is 32.7. The first kappa shape index (κ1) is 45.2. The average molecular weight is 856 g/mol. The highest BCUT2D eigenvalue weighted by molar-refractivity contribution is 7.86. The van der Waals surface area contributed by atoms with Crippen molar-refractivity contribution in [1.29, 1.82) is 0 Å².